The first-order valence-electron chi connectivity index (χ1n) is 20.4. The van der Waals surface area contributed by atoms with E-state index in [-0.39, 0.29) is 13.2 Å². The zero-order chi connectivity index (χ0) is 34.5. The molecule has 0 aromatic carbocycles. The molecule has 0 spiro atoms. The molecule has 1 fully saturated rings. The predicted molar refractivity (Wildman–Crippen MR) is 206 cm³/mol. The Kier molecular flexibility index (Phi) is 35.2. The summed E-state index contributed by atoms with van der Waals surface area (Å²) in [5, 5.41) is 19.6. The van der Waals surface area contributed by atoms with Crippen LogP contribution in [0.1, 0.15) is 195 Å². The molecule has 0 radical (unpaired) electrons. The summed E-state index contributed by atoms with van der Waals surface area (Å²) in [7, 11) is 0. The summed E-state index contributed by atoms with van der Waals surface area (Å²) < 4.78 is 12.6. The maximum absolute atomic E-state index is 9.79. The standard InChI is InChI=1S/C41H74O4.C2H6/c1-3-5-7-9-11-13-15-17-19-21-23-25-27-29-31-33-35-41(44-39(37-42)40(38-43)45-41)36-34-32-30-28-26-24-22-20-18-16-14-12-10-8-6-4-2;1-2/h11-14,17-20,39-40,42-43H,3-10,15-16,21-38H2,1-2H3;1-2H3/b13-11-,14-12-,19-17-,20-18-;. The van der Waals surface area contributed by atoms with Gasteiger partial charge in [-0.15, -0.1) is 0 Å². The lowest BCUT2D eigenvalue weighted by molar-refractivity contribution is -0.190. The average molecular weight is 661 g/mol. The van der Waals surface area contributed by atoms with Crippen LogP contribution in [0.3, 0.4) is 0 Å². The van der Waals surface area contributed by atoms with Crippen molar-refractivity contribution in [3.63, 3.8) is 0 Å². The maximum atomic E-state index is 9.79. The first-order valence-corrected chi connectivity index (χ1v) is 20.4. The van der Waals surface area contributed by atoms with Crippen LogP contribution in [0.25, 0.3) is 0 Å². The van der Waals surface area contributed by atoms with E-state index < -0.39 is 18.0 Å². The summed E-state index contributed by atoms with van der Waals surface area (Å²) in [6, 6.07) is 0. The Bertz CT molecular complexity index is 678. The van der Waals surface area contributed by atoms with Crippen LogP contribution < -0.4 is 0 Å². The largest absolute Gasteiger partial charge is 0.394 e. The molecule has 1 heterocycles. The fourth-order valence-electron chi connectivity index (χ4n) is 6.17. The Morgan fingerprint density at radius 2 is 0.723 bits per heavy atom. The highest BCUT2D eigenvalue weighted by Crippen LogP contribution is 2.37. The fraction of sp³-hybridized carbons (Fsp3) is 0.814. The molecule has 1 rings (SSSR count). The fourth-order valence-corrected chi connectivity index (χ4v) is 6.17. The minimum absolute atomic E-state index is 0.0969. The summed E-state index contributed by atoms with van der Waals surface area (Å²) in [5.41, 5.74) is 0. The van der Waals surface area contributed by atoms with Crippen molar-refractivity contribution in [2.24, 2.45) is 0 Å². The van der Waals surface area contributed by atoms with E-state index in [2.05, 4.69) is 62.5 Å². The van der Waals surface area contributed by atoms with Gasteiger partial charge in [-0.1, -0.05) is 153 Å². The van der Waals surface area contributed by atoms with Crippen molar-refractivity contribution in [1.29, 1.82) is 0 Å². The van der Waals surface area contributed by atoms with Gasteiger partial charge in [0.05, 0.1) is 13.2 Å². The molecule has 47 heavy (non-hydrogen) atoms. The van der Waals surface area contributed by atoms with Gasteiger partial charge in [0.1, 0.15) is 12.2 Å². The lowest BCUT2D eigenvalue weighted by Gasteiger charge is -2.28. The Balaban J connectivity index is 0.0000104. The zero-order valence-electron chi connectivity index (χ0n) is 31.8. The molecule has 0 amide bonds. The van der Waals surface area contributed by atoms with Crippen molar-refractivity contribution < 1.29 is 19.7 Å². The normalized spacial score (nSPS) is 17.9. The number of unbranched alkanes of at least 4 members (excludes halogenated alkanes) is 18. The van der Waals surface area contributed by atoms with Crippen LogP contribution in [0.4, 0.5) is 0 Å². The van der Waals surface area contributed by atoms with Gasteiger partial charge in [-0.3, -0.25) is 0 Å². The lowest BCUT2D eigenvalue weighted by Crippen LogP contribution is -2.31. The molecule has 4 heteroatoms. The molecule has 0 bridgehead atoms. The Morgan fingerprint density at radius 3 is 1.04 bits per heavy atom. The maximum Gasteiger partial charge on any atom is 0.169 e. The molecule has 0 saturated carbocycles. The third-order valence-corrected chi connectivity index (χ3v) is 9.02. The third-order valence-electron chi connectivity index (χ3n) is 9.02. The second kappa shape index (κ2) is 36.1. The number of hydrogen-bond donors (Lipinski definition) is 2. The van der Waals surface area contributed by atoms with Crippen molar-refractivity contribution in [2.75, 3.05) is 13.2 Å². The van der Waals surface area contributed by atoms with Crippen LogP contribution >= 0.6 is 0 Å². The topological polar surface area (TPSA) is 58.9 Å². The molecule has 0 aromatic rings. The van der Waals surface area contributed by atoms with Gasteiger partial charge in [0.2, 0.25) is 0 Å². The van der Waals surface area contributed by atoms with Gasteiger partial charge in [0.25, 0.3) is 0 Å². The zero-order valence-corrected chi connectivity index (χ0v) is 31.8. The van der Waals surface area contributed by atoms with Crippen LogP contribution in [-0.4, -0.2) is 41.4 Å². The van der Waals surface area contributed by atoms with Crippen LogP contribution in [-0.2, 0) is 9.47 Å². The van der Waals surface area contributed by atoms with Gasteiger partial charge in [0, 0.05) is 12.8 Å². The van der Waals surface area contributed by atoms with Crippen LogP contribution in [0.15, 0.2) is 48.6 Å². The van der Waals surface area contributed by atoms with E-state index in [1.807, 2.05) is 13.8 Å². The summed E-state index contributed by atoms with van der Waals surface area (Å²) in [5.74, 6) is -0.634. The number of rotatable bonds is 32. The Labute approximate surface area is 293 Å². The molecule has 0 aromatic heterocycles. The van der Waals surface area contributed by atoms with Crippen LogP contribution in [0.2, 0.25) is 0 Å². The van der Waals surface area contributed by atoms with Crippen LogP contribution in [0.5, 0.6) is 0 Å². The number of hydrogen-bond acceptors (Lipinski definition) is 4. The molecule has 4 nitrogen and oxygen atoms in total. The van der Waals surface area contributed by atoms with Crippen molar-refractivity contribution in [2.45, 2.75) is 213 Å². The van der Waals surface area contributed by atoms with Gasteiger partial charge in [-0.25, -0.2) is 0 Å². The van der Waals surface area contributed by atoms with E-state index in [1.165, 1.54) is 128 Å². The highest BCUT2D eigenvalue weighted by atomic mass is 16.8. The van der Waals surface area contributed by atoms with Crippen molar-refractivity contribution in [3.8, 4) is 0 Å². The number of aliphatic hydroxyl groups excluding tert-OH is 2. The average Bonchev–Trinajstić information content (AvgIpc) is 3.46. The van der Waals surface area contributed by atoms with Gasteiger partial charge in [-0.2, -0.15) is 0 Å². The van der Waals surface area contributed by atoms with E-state index >= 15 is 0 Å². The van der Waals surface area contributed by atoms with Gasteiger partial charge < -0.3 is 19.7 Å². The first-order chi connectivity index (χ1) is 23.2. The molecule has 1 aliphatic rings. The third kappa shape index (κ3) is 27.3. The Morgan fingerprint density at radius 1 is 0.426 bits per heavy atom. The molecule has 1 saturated heterocycles. The van der Waals surface area contributed by atoms with Gasteiger partial charge in [0.15, 0.2) is 5.79 Å². The van der Waals surface area contributed by atoms with E-state index in [9.17, 15) is 10.2 Å². The number of allylic oxidation sites excluding steroid dienone is 8. The molecule has 2 N–H and O–H groups in total. The smallest absolute Gasteiger partial charge is 0.169 e. The number of aliphatic hydroxyl groups is 2. The second-order valence-corrected chi connectivity index (χ2v) is 13.3. The first kappa shape index (κ1) is 45.8. The van der Waals surface area contributed by atoms with Crippen LogP contribution in [0, 0.1) is 0 Å². The molecule has 1 aliphatic heterocycles. The molecular formula is C43H80O4. The molecule has 0 aliphatic carbocycles. The monoisotopic (exact) mass is 661 g/mol. The second-order valence-electron chi connectivity index (χ2n) is 13.3. The van der Waals surface area contributed by atoms with Crippen molar-refractivity contribution in [3.05, 3.63) is 48.6 Å². The molecule has 2 atom stereocenters. The molecule has 276 valence electrons. The minimum atomic E-state index is -0.634. The van der Waals surface area contributed by atoms with E-state index in [0.29, 0.717) is 0 Å². The van der Waals surface area contributed by atoms with Gasteiger partial charge >= 0.3 is 0 Å². The summed E-state index contributed by atoms with van der Waals surface area (Å²) in [6.07, 6.45) is 49.1. The quantitative estimate of drug-likeness (QED) is 0.0557. The summed E-state index contributed by atoms with van der Waals surface area (Å²) in [4.78, 5) is 0. The minimum Gasteiger partial charge on any atom is -0.394 e. The number of ether oxygens (including phenoxy) is 2. The summed E-state index contributed by atoms with van der Waals surface area (Å²) in [6.45, 7) is 8.32. The molecule has 2 unspecified atom stereocenters. The van der Waals surface area contributed by atoms with E-state index in [4.69, 9.17) is 9.47 Å². The highest BCUT2D eigenvalue weighted by Gasteiger charge is 2.46. The lowest BCUT2D eigenvalue weighted by atomic mass is 9.98. The van der Waals surface area contributed by atoms with E-state index in [1.54, 1.807) is 0 Å². The Hall–Kier alpha value is -1.20. The molecular weight excluding hydrogens is 580 g/mol. The predicted octanol–water partition coefficient (Wildman–Crippen LogP) is 12.9. The summed E-state index contributed by atoms with van der Waals surface area (Å²) >= 11 is 0. The van der Waals surface area contributed by atoms with Crippen molar-refractivity contribution >= 4 is 0 Å². The van der Waals surface area contributed by atoms with E-state index in [0.717, 1.165) is 38.5 Å². The highest BCUT2D eigenvalue weighted by molar-refractivity contribution is 4.93. The van der Waals surface area contributed by atoms with Crippen molar-refractivity contribution in [1.82, 2.24) is 0 Å². The van der Waals surface area contributed by atoms with Gasteiger partial charge in [-0.05, 0) is 77.0 Å². The SMILES string of the molecule is CC.CCCCC/C=C\C/C=C\CCCCCCCCC1(CCCCCCCC/C=C\C/C=C\CCCCC)OC(CO)C(CO)O1.